The number of hydrogen-bond donors (Lipinski definition) is 2. The Hall–Kier alpha value is -2.45. The molecule has 1 aliphatic heterocycles. The standard InChI is InChI=1S/C16H15ClFN3O4/c17-9-3-4-13(12(18)6-9)20-14(22)11-7-19-16(24)21(15(11)23)8-10-2-1-5-25-10/h3-4,6-7,10H,1-2,5,8H2,(H,19,24)(H,20,22). The van der Waals surface area contributed by atoms with Gasteiger partial charge in [-0.25, -0.2) is 9.18 Å². The first-order valence-electron chi connectivity index (χ1n) is 7.66. The van der Waals surface area contributed by atoms with Crippen LogP contribution in [0.4, 0.5) is 10.1 Å². The number of anilines is 1. The number of benzene rings is 1. The fraction of sp³-hybridized carbons (Fsp3) is 0.312. The van der Waals surface area contributed by atoms with Crippen LogP contribution in [0, 0.1) is 5.82 Å². The Morgan fingerprint density at radius 2 is 2.24 bits per heavy atom. The highest BCUT2D eigenvalue weighted by atomic mass is 35.5. The monoisotopic (exact) mass is 367 g/mol. The average Bonchev–Trinajstić information content (AvgIpc) is 3.07. The van der Waals surface area contributed by atoms with Gasteiger partial charge in [-0.3, -0.25) is 14.2 Å². The lowest BCUT2D eigenvalue weighted by Gasteiger charge is -2.12. The van der Waals surface area contributed by atoms with E-state index in [1.54, 1.807) is 0 Å². The zero-order valence-electron chi connectivity index (χ0n) is 13.1. The molecule has 132 valence electrons. The SMILES string of the molecule is O=C(Nc1ccc(Cl)cc1F)c1c[nH]c(=O)n(CC2CCCO2)c1=O. The van der Waals surface area contributed by atoms with Crippen LogP contribution < -0.4 is 16.6 Å². The first kappa shape index (κ1) is 17.4. The number of amides is 1. The van der Waals surface area contributed by atoms with E-state index in [1.807, 2.05) is 0 Å². The van der Waals surface area contributed by atoms with E-state index >= 15 is 0 Å². The molecule has 3 rings (SSSR count). The molecule has 0 aliphatic carbocycles. The van der Waals surface area contributed by atoms with Crippen molar-refractivity contribution in [2.45, 2.75) is 25.5 Å². The van der Waals surface area contributed by atoms with Gasteiger partial charge in [0.1, 0.15) is 11.4 Å². The molecule has 0 saturated carbocycles. The van der Waals surface area contributed by atoms with Gasteiger partial charge < -0.3 is 15.0 Å². The minimum atomic E-state index is -0.830. The summed E-state index contributed by atoms with van der Waals surface area (Å²) in [6, 6.07) is 3.73. The predicted molar refractivity (Wildman–Crippen MR) is 89.7 cm³/mol. The van der Waals surface area contributed by atoms with E-state index in [-0.39, 0.29) is 28.9 Å². The average molecular weight is 368 g/mol. The maximum Gasteiger partial charge on any atom is 0.328 e. The van der Waals surface area contributed by atoms with Gasteiger partial charge in [-0.2, -0.15) is 0 Å². The molecule has 1 aliphatic rings. The number of carbonyl (C=O) groups is 1. The van der Waals surface area contributed by atoms with Gasteiger partial charge in [0.15, 0.2) is 0 Å². The summed E-state index contributed by atoms with van der Waals surface area (Å²) >= 11 is 5.66. The highest BCUT2D eigenvalue weighted by Crippen LogP contribution is 2.19. The molecule has 2 N–H and O–H groups in total. The Morgan fingerprint density at radius 3 is 2.92 bits per heavy atom. The molecule has 9 heteroatoms. The summed E-state index contributed by atoms with van der Waals surface area (Å²) in [6.45, 7) is 0.637. The molecule has 1 aromatic heterocycles. The Labute approximate surface area is 146 Å². The second kappa shape index (κ2) is 7.20. The molecule has 25 heavy (non-hydrogen) atoms. The number of aromatic nitrogens is 2. The van der Waals surface area contributed by atoms with Crippen molar-refractivity contribution in [3.8, 4) is 0 Å². The first-order valence-corrected chi connectivity index (χ1v) is 8.04. The minimum absolute atomic E-state index is 0.0601. The third-order valence-corrected chi connectivity index (χ3v) is 4.13. The molecular weight excluding hydrogens is 353 g/mol. The smallest absolute Gasteiger partial charge is 0.328 e. The van der Waals surface area contributed by atoms with Crippen LogP contribution in [0.3, 0.4) is 0 Å². The lowest BCUT2D eigenvalue weighted by molar-refractivity contribution is 0.0941. The molecule has 2 heterocycles. The number of carbonyl (C=O) groups excluding carboxylic acids is 1. The van der Waals surface area contributed by atoms with Gasteiger partial charge in [0.05, 0.1) is 18.3 Å². The van der Waals surface area contributed by atoms with Gasteiger partial charge in [-0.1, -0.05) is 11.6 Å². The number of H-pyrrole nitrogens is 1. The molecule has 1 saturated heterocycles. The second-order valence-corrected chi connectivity index (χ2v) is 6.07. The van der Waals surface area contributed by atoms with Crippen molar-refractivity contribution in [1.29, 1.82) is 0 Å². The number of aromatic amines is 1. The van der Waals surface area contributed by atoms with Crippen LogP contribution >= 0.6 is 11.6 Å². The van der Waals surface area contributed by atoms with Crippen molar-refractivity contribution in [3.05, 3.63) is 61.6 Å². The van der Waals surface area contributed by atoms with E-state index in [0.29, 0.717) is 6.61 Å². The lowest BCUT2D eigenvalue weighted by Crippen LogP contribution is -2.41. The molecule has 1 amide bonds. The van der Waals surface area contributed by atoms with Crippen molar-refractivity contribution < 1.29 is 13.9 Å². The van der Waals surface area contributed by atoms with Gasteiger partial charge in [0.25, 0.3) is 11.5 Å². The van der Waals surface area contributed by atoms with Crippen molar-refractivity contribution in [3.63, 3.8) is 0 Å². The van der Waals surface area contributed by atoms with E-state index in [0.717, 1.165) is 29.7 Å². The largest absolute Gasteiger partial charge is 0.376 e. The van der Waals surface area contributed by atoms with Crippen molar-refractivity contribution in [1.82, 2.24) is 9.55 Å². The fourth-order valence-corrected chi connectivity index (χ4v) is 2.77. The van der Waals surface area contributed by atoms with Crippen LogP contribution in [0.25, 0.3) is 0 Å². The number of halogens is 2. The quantitative estimate of drug-likeness (QED) is 0.861. The zero-order chi connectivity index (χ0) is 18.0. The molecule has 0 bridgehead atoms. The Bertz CT molecular complexity index is 918. The van der Waals surface area contributed by atoms with E-state index in [4.69, 9.17) is 16.3 Å². The summed E-state index contributed by atoms with van der Waals surface area (Å²) in [5.74, 6) is -1.56. The molecule has 1 unspecified atom stereocenters. The summed E-state index contributed by atoms with van der Waals surface area (Å²) in [6.07, 6.45) is 2.36. The second-order valence-electron chi connectivity index (χ2n) is 5.64. The number of ether oxygens (including phenoxy) is 1. The fourth-order valence-electron chi connectivity index (χ4n) is 2.61. The molecule has 2 aromatic rings. The molecule has 7 nitrogen and oxygen atoms in total. The topological polar surface area (TPSA) is 93.2 Å². The molecule has 0 spiro atoms. The third-order valence-electron chi connectivity index (χ3n) is 3.89. The number of nitrogens with zero attached hydrogens (tertiary/aromatic N) is 1. The van der Waals surface area contributed by atoms with Crippen LogP contribution in [-0.4, -0.2) is 28.2 Å². The number of nitrogens with one attached hydrogen (secondary N) is 2. The van der Waals surface area contributed by atoms with Crippen molar-refractivity contribution >= 4 is 23.2 Å². The lowest BCUT2D eigenvalue weighted by atomic mass is 10.2. The highest BCUT2D eigenvalue weighted by molar-refractivity contribution is 6.30. The first-order chi connectivity index (χ1) is 12.0. The van der Waals surface area contributed by atoms with Crippen molar-refractivity contribution in [2.24, 2.45) is 0 Å². The summed E-state index contributed by atoms with van der Waals surface area (Å²) in [7, 11) is 0. The maximum atomic E-state index is 13.8. The van der Waals surface area contributed by atoms with Gasteiger partial charge in [-0.05, 0) is 31.0 Å². The maximum absolute atomic E-state index is 13.8. The van der Waals surface area contributed by atoms with E-state index in [2.05, 4.69) is 10.3 Å². The van der Waals surface area contributed by atoms with Gasteiger partial charge in [-0.15, -0.1) is 0 Å². The van der Waals surface area contributed by atoms with E-state index in [1.165, 1.54) is 12.1 Å². The van der Waals surface area contributed by atoms with Gasteiger partial charge in [0.2, 0.25) is 0 Å². The Balaban J connectivity index is 1.87. The van der Waals surface area contributed by atoms with Crippen LogP contribution in [0.1, 0.15) is 23.2 Å². The van der Waals surface area contributed by atoms with Crippen LogP contribution in [0.15, 0.2) is 34.0 Å². The zero-order valence-corrected chi connectivity index (χ0v) is 13.8. The Morgan fingerprint density at radius 1 is 1.44 bits per heavy atom. The molecular formula is C16H15ClFN3O4. The normalized spacial score (nSPS) is 16.8. The highest BCUT2D eigenvalue weighted by Gasteiger charge is 2.21. The van der Waals surface area contributed by atoms with Crippen LogP contribution in [-0.2, 0) is 11.3 Å². The van der Waals surface area contributed by atoms with E-state index in [9.17, 15) is 18.8 Å². The van der Waals surface area contributed by atoms with Crippen LogP contribution in [0.5, 0.6) is 0 Å². The molecule has 1 aromatic carbocycles. The van der Waals surface area contributed by atoms with Crippen molar-refractivity contribution in [2.75, 3.05) is 11.9 Å². The Kier molecular flexibility index (Phi) is 5.00. The molecule has 1 fully saturated rings. The minimum Gasteiger partial charge on any atom is -0.376 e. The summed E-state index contributed by atoms with van der Waals surface area (Å²) in [5.41, 5.74) is -1.81. The van der Waals surface area contributed by atoms with Gasteiger partial charge in [0, 0.05) is 17.8 Å². The van der Waals surface area contributed by atoms with Gasteiger partial charge >= 0.3 is 5.69 Å². The number of hydrogen-bond acceptors (Lipinski definition) is 4. The molecule has 1 atom stereocenters. The number of rotatable bonds is 4. The predicted octanol–water partition coefficient (Wildman–Crippen LogP) is 1.76. The summed E-state index contributed by atoms with van der Waals surface area (Å²) < 4.78 is 20.1. The van der Waals surface area contributed by atoms with E-state index < -0.39 is 23.0 Å². The summed E-state index contributed by atoms with van der Waals surface area (Å²) in [5, 5.41) is 2.47. The molecule has 0 radical (unpaired) electrons. The summed E-state index contributed by atoms with van der Waals surface area (Å²) in [4.78, 5) is 39.0. The van der Waals surface area contributed by atoms with Crippen LogP contribution in [0.2, 0.25) is 5.02 Å². The third kappa shape index (κ3) is 3.80.